The molecule has 0 saturated carbocycles. The second-order valence-electron chi connectivity index (χ2n) is 5.18. The molecule has 0 spiro atoms. The van der Waals surface area contributed by atoms with Gasteiger partial charge in [0.1, 0.15) is 0 Å². The summed E-state index contributed by atoms with van der Waals surface area (Å²) in [6.45, 7) is 3.80. The highest BCUT2D eigenvalue weighted by atomic mass is 15.1. The Bertz CT molecular complexity index is 531. The van der Waals surface area contributed by atoms with E-state index in [1.54, 1.807) is 0 Å². The molecule has 106 valence electrons. The number of hydrogen-bond acceptors (Lipinski definition) is 2. The van der Waals surface area contributed by atoms with Crippen LogP contribution < -0.4 is 10.6 Å². The van der Waals surface area contributed by atoms with E-state index >= 15 is 0 Å². The predicted molar refractivity (Wildman–Crippen MR) is 87.1 cm³/mol. The number of nitrogens with zero attached hydrogens (tertiary/aromatic N) is 1. The second kappa shape index (κ2) is 7.11. The molecule has 2 rings (SSSR count). The van der Waals surface area contributed by atoms with Crippen molar-refractivity contribution in [1.82, 2.24) is 0 Å². The second-order valence-corrected chi connectivity index (χ2v) is 5.18. The third-order valence-corrected chi connectivity index (χ3v) is 3.72. The first-order valence-electron chi connectivity index (χ1n) is 7.31. The zero-order chi connectivity index (χ0) is 14.4. The van der Waals surface area contributed by atoms with Gasteiger partial charge in [-0.25, -0.2) is 0 Å². The molecule has 0 fully saturated rings. The zero-order valence-electron chi connectivity index (χ0n) is 12.5. The number of aryl methyl sites for hydroxylation is 1. The fraction of sp³-hybridized carbons (Fsp3) is 0.333. The molecule has 0 aromatic heterocycles. The standard InChI is InChI=1S/C18H24N2/c1-3-15-8-10-18(11-9-15)20(2)14-17-7-5-4-6-16(17)12-13-19/h4-11H,3,12-14,19H2,1-2H3. The summed E-state index contributed by atoms with van der Waals surface area (Å²) in [4.78, 5) is 2.29. The topological polar surface area (TPSA) is 29.3 Å². The normalized spacial score (nSPS) is 10.6. The Morgan fingerprint density at radius 2 is 1.60 bits per heavy atom. The maximum Gasteiger partial charge on any atom is 0.0428 e. The maximum absolute atomic E-state index is 5.69. The van der Waals surface area contributed by atoms with E-state index in [0.717, 1.165) is 19.4 Å². The lowest BCUT2D eigenvalue weighted by Gasteiger charge is -2.21. The summed E-state index contributed by atoms with van der Waals surface area (Å²) in [5.41, 5.74) is 11.0. The summed E-state index contributed by atoms with van der Waals surface area (Å²) >= 11 is 0. The Hall–Kier alpha value is -1.80. The summed E-state index contributed by atoms with van der Waals surface area (Å²) in [5.74, 6) is 0. The van der Waals surface area contributed by atoms with Crippen LogP contribution in [0.15, 0.2) is 48.5 Å². The monoisotopic (exact) mass is 268 g/mol. The minimum atomic E-state index is 0.700. The fourth-order valence-corrected chi connectivity index (χ4v) is 2.44. The Balaban J connectivity index is 2.12. The number of hydrogen-bond donors (Lipinski definition) is 1. The third kappa shape index (κ3) is 3.61. The van der Waals surface area contributed by atoms with Crippen molar-refractivity contribution in [3.8, 4) is 0 Å². The summed E-state index contributed by atoms with van der Waals surface area (Å²) in [6, 6.07) is 17.4. The van der Waals surface area contributed by atoms with Crippen molar-refractivity contribution in [3.05, 3.63) is 65.2 Å². The van der Waals surface area contributed by atoms with Crippen LogP contribution in [0.1, 0.15) is 23.6 Å². The molecule has 0 amide bonds. The van der Waals surface area contributed by atoms with E-state index in [-0.39, 0.29) is 0 Å². The van der Waals surface area contributed by atoms with Crippen molar-refractivity contribution in [2.24, 2.45) is 5.73 Å². The molecule has 0 unspecified atom stereocenters. The van der Waals surface area contributed by atoms with E-state index < -0.39 is 0 Å². The van der Waals surface area contributed by atoms with Crippen LogP contribution in [0.25, 0.3) is 0 Å². The molecule has 0 aliphatic carbocycles. The average Bonchev–Trinajstić information content (AvgIpc) is 2.49. The minimum absolute atomic E-state index is 0.700. The highest BCUT2D eigenvalue weighted by Gasteiger charge is 2.06. The van der Waals surface area contributed by atoms with Crippen molar-refractivity contribution >= 4 is 5.69 Å². The van der Waals surface area contributed by atoms with E-state index in [1.807, 2.05) is 0 Å². The van der Waals surface area contributed by atoms with Crippen LogP contribution >= 0.6 is 0 Å². The minimum Gasteiger partial charge on any atom is -0.370 e. The van der Waals surface area contributed by atoms with Crippen molar-refractivity contribution in [2.45, 2.75) is 26.3 Å². The van der Waals surface area contributed by atoms with Gasteiger partial charge in [-0.15, -0.1) is 0 Å². The van der Waals surface area contributed by atoms with Crippen molar-refractivity contribution < 1.29 is 0 Å². The zero-order valence-corrected chi connectivity index (χ0v) is 12.5. The van der Waals surface area contributed by atoms with Gasteiger partial charge in [0.15, 0.2) is 0 Å². The van der Waals surface area contributed by atoms with Crippen molar-refractivity contribution in [3.63, 3.8) is 0 Å². The van der Waals surface area contributed by atoms with Crippen LogP contribution in [-0.2, 0) is 19.4 Å². The van der Waals surface area contributed by atoms with Crippen molar-refractivity contribution in [2.75, 3.05) is 18.5 Å². The largest absolute Gasteiger partial charge is 0.370 e. The first-order valence-corrected chi connectivity index (χ1v) is 7.31. The first-order chi connectivity index (χ1) is 9.74. The van der Waals surface area contributed by atoms with E-state index in [0.29, 0.717) is 6.54 Å². The van der Waals surface area contributed by atoms with Crippen LogP contribution in [0.5, 0.6) is 0 Å². The molecule has 20 heavy (non-hydrogen) atoms. The van der Waals surface area contributed by atoms with E-state index in [9.17, 15) is 0 Å². The van der Waals surface area contributed by atoms with Gasteiger partial charge in [0.2, 0.25) is 0 Å². The molecular formula is C18H24N2. The number of anilines is 1. The highest BCUT2D eigenvalue weighted by molar-refractivity contribution is 5.48. The van der Waals surface area contributed by atoms with Crippen LogP contribution in [0, 0.1) is 0 Å². The highest BCUT2D eigenvalue weighted by Crippen LogP contribution is 2.18. The molecule has 0 bridgehead atoms. The smallest absolute Gasteiger partial charge is 0.0428 e. The first kappa shape index (κ1) is 14.6. The molecule has 2 aromatic rings. The van der Waals surface area contributed by atoms with Gasteiger partial charge in [-0.2, -0.15) is 0 Å². The lowest BCUT2D eigenvalue weighted by molar-refractivity contribution is 0.880. The molecule has 0 saturated heterocycles. The molecule has 2 N–H and O–H groups in total. The summed E-state index contributed by atoms with van der Waals surface area (Å²) in [5, 5.41) is 0. The lowest BCUT2D eigenvalue weighted by atomic mass is 10.0. The molecule has 2 nitrogen and oxygen atoms in total. The van der Waals surface area contributed by atoms with Crippen LogP contribution in [0.4, 0.5) is 5.69 Å². The Labute approximate surface area is 122 Å². The third-order valence-electron chi connectivity index (χ3n) is 3.72. The maximum atomic E-state index is 5.69. The van der Waals surface area contributed by atoms with E-state index in [2.05, 4.69) is 67.4 Å². The average molecular weight is 268 g/mol. The Kier molecular flexibility index (Phi) is 5.19. The summed E-state index contributed by atoms with van der Waals surface area (Å²) < 4.78 is 0. The van der Waals surface area contributed by atoms with Gasteiger partial charge in [-0.05, 0) is 48.2 Å². The van der Waals surface area contributed by atoms with Crippen LogP contribution in [-0.4, -0.2) is 13.6 Å². The molecule has 0 atom stereocenters. The molecular weight excluding hydrogens is 244 g/mol. The van der Waals surface area contributed by atoms with Crippen LogP contribution in [0.3, 0.4) is 0 Å². The van der Waals surface area contributed by atoms with Gasteiger partial charge in [0.25, 0.3) is 0 Å². The molecule has 2 aromatic carbocycles. The van der Waals surface area contributed by atoms with Gasteiger partial charge in [0.05, 0.1) is 0 Å². The molecule has 2 heteroatoms. The summed E-state index contributed by atoms with van der Waals surface area (Å²) in [6.07, 6.45) is 2.03. The van der Waals surface area contributed by atoms with Gasteiger partial charge >= 0.3 is 0 Å². The number of rotatable bonds is 6. The van der Waals surface area contributed by atoms with Gasteiger partial charge < -0.3 is 10.6 Å². The molecule has 0 aliphatic rings. The van der Waals surface area contributed by atoms with Crippen molar-refractivity contribution in [1.29, 1.82) is 0 Å². The lowest BCUT2D eigenvalue weighted by Crippen LogP contribution is -2.18. The van der Waals surface area contributed by atoms with Crippen LogP contribution in [0.2, 0.25) is 0 Å². The quantitative estimate of drug-likeness (QED) is 0.870. The van der Waals surface area contributed by atoms with E-state index in [4.69, 9.17) is 5.73 Å². The Morgan fingerprint density at radius 3 is 2.20 bits per heavy atom. The summed E-state index contributed by atoms with van der Waals surface area (Å²) in [7, 11) is 2.14. The van der Waals surface area contributed by atoms with Gasteiger partial charge in [0, 0.05) is 19.3 Å². The molecule has 0 heterocycles. The fourth-order valence-electron chi connectivity index (χ4n) is 2.44. The van der Waals surface area contributed by atoms with E-state index in [1.165, 1.54) is 22.4 Å². The number of benzene rings is 2. The number of nitrogens with two attached hydrogens (primary N) is 1. The Morgan fingerprint density at radius 1 is 0.950 bits per heavy atom. The molecule has 0 radical (unpaired) electrons. The predicted octanol–water partition coefficient (Wildman–Crippen LogP) is 3.39. The SMILES string of the molecule is CCc1ccc(N(C)Cc2ccccc2CCN)cc1. The molecule has 0 aliphatic heterocycles. The van der Waals surface area contributed by atoms with Gasteiger partial charge in [-0.1, -0.05) is 43.3 Å². The van der Waals surface area contributed by atoms with Gasteiger partial charge in [-0.3, -0.25) is 0 Å².